The highest BCUT2D eigenvalue weighted by Crippen LogP contribution is 2.42. The molecule has 3 rings (SSSR count). The summed E-state index contributed by atoms with van der Waals surface area (Å²) in [5, 5.41) is -0.221. The minimum atomic E-state index is -3.36. The van der Waals surface area contributed by atoms with E-state index in [0.29, 0.717) is 17.2 Å². The van der Waals surface area contributed by atoms with E-state index < -0.39 is 10.0 Å². The molecule has 1 aliphatic heterocycles. The first kappa shape index (κ1) is 17.6. The van der Waals surface area contributed by atoms with Gasteiger partial charge in [-0.3, -0.25) is 14.4 Å². The first-order chi connectivity index (χ1) is 11.9. The lowest BCUT2D eigenvalue weighted by molar-refractivity contribution is -0.115. The van der Waals surface area contributed by atoms with Gasteiger partial charge in [-0.2, -0.15) is 0 Å². The third-order valence-corrected chi connectivity index (χ3v) is 5.49. The van der Waals surface area contributed by atoms with Crippen molar-refractivity contribution in [3.8, 4) is 5.75 Å². The van der Waals surface area contributed by atoms with Crippen molar-refractivity contribution < 1.29 is 17.9 Å². The molecule has 0 aromatic heterocycles. The van der Waals surface area contributed by atoms with E-state index in [1.54, 1.807) is 30.2 Å². The van der Waals surface area contributed by atoms with Crippen molar-refractivity contribution in [2.45, 2.75) is 5.37 Å². The maximum atomic E-state index is 12.4. The molecule has 25 heavy (non-hydrogen) atoms. The molecule has 8 heteroatoms. The van der Waals surface area contributed by atoms with Crippen LogP contribution in [0.5, 0.6) is 5.75 Å². The Morgan fingerprint density at radius 3 is 2.68 bits per heavy atom. The monoisotopic (exact) mass is 378 g/mol. The molecule has 1 N–H and O–H groups in total. The Kier molecular flexibility index (Phi) is 4.91. The highest BCUT2D eigenvalue weighted by Gasteiger charge is 2.34. The van der Waals surface area contributed by atoms with Crippen LogP contribution in [0.15, 0.2) is 48.5 Å². The second-order valence-corrected chi connectivity index (χ2v) is 8.45. The SMILES string of the molecule is COc1cccc(N2C(=O)CS[C@H]2c2cccc(NS(C)(=O)=O)c2)c1. The molecule has 0 saturated carbocycles. The number of methoxy groups -OCH3 is 1. The number of sulfonamides is 1. The zero-order valence-corrected chi connectivity index (χ0v) is 15.4. The van der Waals surface area contributed by atoms with Crippen LogP contribution < -0.4 is 14.4 Å². The van der Waals surface area contributed by atoms with Crippen molar-refractivity contribution in [3.63, 3.8) is 0 Å². The zero-order valence-electron chi connectivity index (χ0n) is 13.8. The van der Waals surface area contributed by atoms with Gasteiger partial charge in [0.15, 0.2) is 0 Å². The van der Waals surface area contributed by atoms with Gasteiger partial charge in [-0.1, -0.05) is 18.2 Å². The molecule has 0 aliphatic carbocycles. The summed E-state index contributed by atoms with van der Waals surface area (Å²) in [5.41, 5.74) is 2.08. The molecule has 2 aromatic carbocycles. The van der Waals surface area contributed by atoms with Crippen LogP contribution in [0.1, 0.15) is 10.9 Å². The van der Waals surface area contributed by atoms with Crippen molar-refractivity contribution in [1.29, 1.82) is 0 Å². The number of carbonyl (C=O) groups is 1. The molecular formula is C17H18N2O4S2. The van der Waals surface area contributed by atoms with Crippen LogP contribution in [0.2, 0.25) is 0 Å². The maximum Gasteiger partial charge on any atom is 0.238 e. The second kappa shape index (κ2) is 6.97. The largest absolute Gasteiger partial charge is 0.497 e. The average molecular weight is 378 g/mol. The van der Waals surface area contributed by atoms with E-state index in [2.05, 4.69) is 4.72 Å². The van der Waals surface area contributed by atoms with Crippen LogP contribution in [-0.4, -0.2) is 33.4 Å². The number of anilines is 2. The summed E-state index contributed by atoms with van der Waals surface area (Å²) in [6.45, 7) is 0. The van der Waals surface area contributed by atoms with Crippen LogP contribution in [0.3, 0.4) is 0 Å². The fourth-order valence-electron chi connectivity index (χ4n) is 2.68. The van der Waals surface area contributed by atoms with Gasteiger partial charge >= 0.3 is 0 Å². The number of benzene rings is 2. The summed E-state index contributed by atoms with van der Waals surface area (Å²) in [5.74, 6) is 1.05. The first-order valence-electron chi connectivity index (χ1n) is 7.53. The van der Waals surface area contributed by atoms with Gasteiger partial charge in [0.2, 0.25) is 15.9 Å². The summed E-state index contributed by atoms with van der Waals surface area (Å²) in [4.78, 5) is 14.1. The van der Waals surface area contributed by atoms with Gasteiger partial charge in [-0.05, 0) is 29.8 Å². The molecule has 132 valence electrons. The van der Waals surface area contributed by atoms with E-state index >= 15 is 0 Å². The molecule has 6 nitrogen and oxygen atoms in total. The van der Waals surface area contributed by atoms with Gasteiger partial charge in [0.25, 0.3) is 0 Å². The van der Waals surface area contributed by atoms with E-state index in [4.69, 9.17) is 4.74 Å². The first-order valence-corrected chi connectivity index (χ1v) is 10.5. The lowest BCUT2D eigenvalue weighted by Crippen LogP contribution is -2.27. The van der Waals surface area contributed by atoms with Crippen LogP contribution in [-0.2, 0) is 14.8 Å². The number of nitrogens with one attached hydrogen (secondary N) is 1. The molecule has 1 aliphatic rings. The number of carbonyl (C=O) groups excluding carboxylic acids is 1. The Labute approximate surface area is 151 Å². The van der Waals surface area contributed by atoms with E-state index in [9.17, 15) is 13.2 Å². The minimum absolute atomic E-state index is 0.00438. The zero-order chi connectivity index (χ0) is 18.0. The summed E-state index contributed by atoms with van der Waals surface area (Å²) >= 11 is 1.50. The summed E-state index contributed by atoms with van der Waals surface area (Å²) in [6, 6.07) is 14.4. The Balaban J connectivity index is 1.95. The smallest absolute Gasteiger partial charge is 0.238 e. The number of nitrogens with zero attached hydrogens (tertiary/aromatic N) is 1. The number of ether oxygens (including phenoxy) is 1. The Hall–Kier alpha value is -2.19. The molecule has 0 spiro atoms. The van der Waals surface area contributed by atoms with Gasteiger partial charge in [0, 0.05) is 17.4 Å². The van der Waals surface area contributed by atoms with Crippen molar-refractivity contribution >= 4 is 39.1 Å². The maximum absolute atomic E-state index is 12.4. The van der Waals surface area contributed by atoms with Crippen LogP contribution in [0.4, 0.5) is 11.4 Å². The number of rotatable bonds is 5. The Bertz CT molecular complexity index is 899. The highest BCUT2D eigenvalue weighted by atomic mass is 32.2. The molecule has 1 amide bonds. The van der Waals surface area contributed by atoms with Gasteiger partial charge in [0.1, 0.15) is 11.1 Å². The number of amides is 1. The summed E-state index contributed by atoms with van der Waals surface area (Å²) in [6.07, 6.45) is 1.11. The summed E-state index contributed by atoms with van der Waals surface area (Å²) in [7, 11) is -1.78. The third kappa shape index (κ3) is 4.08. The normalized spacial score (nSPS) is 17.6. The predicted molar refractivity (Wildman–Crippen MR) is 101 cm³/mol. The lowest BCUT2D eigenvalue weighted by atomic mass is 10.1. The van der Waals surface area contributed by atoms with Gasteiger partial charge in [-0.15, -0.1) is 11.8 Å². The molecule has 1 atom stereocenters. The molecule has 1 fully saturated rings. The molecule has 0 unspecified atom stereocenters. The average Bonchev–Trinajstić information content (AvgIpc) is 2.95. The lowest BCUT2D eigenvalue weighted by Gasteiger charge is -2.25. The fraction of sp³-hybridized carbons (Fsp3) is 0.235. The standard InChI is InChI=1S/C17H18N2O4S2/c1-23-15-8-4-7-14(10-15)19-16(20)11-24-17(19)12-5-3-6-13(9-12)18-25(2,21)22/h3-10,17-18H,11H2,1-2H3/t17-/m0/s1. The van der Waals surface area contributed by atoms with Crippen LogP contribution in [0.25, 0.3) is 0 Å². The minimum Gasteiger partial charge on any atom is -0.497 e. The quantitative estimate of drug-likeness (QED) is 0.866. The molecular weight excluding hydrogens is 360 g/mol. The third-order valence-electron chi connectivity index (χ3n) is 3.67. The second-order valence-electron chi connectivity index (χ2n) is 5.63. The predicted octanol–water partition coefficient (Wildman–Crippen LogP) is 2.85. The number of thioether (sulfide) groups is 1. The van der Waals surface area contributed by atoms with Crippen molar-refractivity contribution in [2.24, 2.45) is 0 Å². The van der Waals surface area contributed by atoms with E-state index in [0.717, 1.165) is 17.5 Å². The Morgan fingerprint density at radius 2 is 1.96 bits per heavy atom. The fourth-order valence-corrected chi connectivity index (χ4v) is 4.40. The van der Waals surface area contributed by atoms with Crippen molar-refractivity contribution in [2.75, 3.05) is 28.7 Å². The molecule has 1 saturated heterocycles. The number of hydrogen-bond donors (Lipinski definition) is 1. The number of hydrogen-bond acceptors (Lipinski definition) is 5. The van der Waals surface area contributed by atoms with E-state index in [1.807, 2.05) is 30.3 Å². The van der Waals surface area contributed by atoms with Crippen LogP contribution >= 0.6 is 11.8 Å². The van der Waals surface area contributed by atoms with E-state index in [1.165, 1.54) is 11.8 Å². The van der Waals surface area contributed by atoms with Crippen molar-refractivity contribution in [1.82, 2.24) is 0 Å². The topological polar surface area (TPSA) is 75.7 Å². The van der Waals surface area contributed by atoms with E-state index in [-0.39, 0.29) is 11.3 Å². The van der Waals surface area contributed by atoms with Crippen molar-refractivity contribution in [3.05, 3.63) is 54.1 Å². The molecule has 2 aromatic rings. The molecule has 0 bridgehead atoms. The summed E-state index contributed by atoms with van der Waals surface area (Å²) < 4.78 is 30.6. The van der Waals surface area contributed by atoms with Gasteiger partial charge in [0.05, 0.1) is 19.1 Å². The molecule has 1 heterocycles. The van der Waals surface area contributed by atoms with Gasteiger partial charge < -0.3 is 4.74 Å². The van der Waals surface area contributed by atoms with Gasteiger partial charge in [-0.25, -0.2) is 8.42 Å². The Morgan fingerprint density at radius 1 is 1.20 bits per heavy atom. The highest BCUT2D eigenvalue weighted by molar-refractivity contribution is 8.00. The van der Waals surface area contributed by atoms with Crippen LogP contribution in [0, 0.1) is 0 Å². The molecule has 0 radical (unpaired) electrons.